The van der Waals surface area contributed by atoms with E-state index in [1.54, 1.807) is 6.92 Å². The van der Waals surface area contributed by atoms with Crippen LogP contribution in [-0.2, 0) is 9.53 Å². The molecule has 0 saturated carbocycles. The van der Waals surface area contributed by atoms with Gasteiger partial charge in [-0.2, -0.15) is 0 Å². The number of carbonyl (C=O) groups is 1. The van der Waals surface area contributed by atoms with Gasteiger partial charge in [-0.15, -0.1) is 0 Å². The average Bonchev–Trinajstić information content (AvgIpc) is 3.99. The smallest absolute Gasteiger partial charge is 0.305 e. The Morgan fingerprint density at radius 3 is 2.15 bits per heavy atom. The van der Waals surface area contributed by atoms with Crippen molar-refractivity contribution in [3.05, 3.63) is 103 Å². The van der Waals surface area contributed by atoms with Crippen LogP contribution in [0.5, 0.6) is 0 Å². The fourth-order valence-electron chi connectivity index (χ4n) is 9.96. The zero-order valence-corrected chi connectivity index (χ0v) is 38.0. The lowest BCUT2D eigenvalue weighted by molar-refractivity contribution is -0.144. The van der Waals surface area contributed by atoms with E-state index in [-0.39, 0.29) is 17.8 Å². The van der Waals surface area contributed by atoms with Crippen LogP contribution in [0, 0.1) is 11.8 Å². The minimum atomic E-state index is -0.712. The third-order valence-electron chi connectivity index (χ3n) is 13.5. The number of hydrogen-bond acceptors (Lipinski definition) is 8. The van der Waals surface area contributed by atoms with Crippen molar-refractivity contribution in [1.29, 1.82) is 0 Å². The largest absolute Gasteiger partial charge is 0.511 e. The van der Waals surface area contributed by atoms with Gasteiger partial charge in [-0.1, -0.05) is 90.7 Å². The molecule has 3 N–H and O–H groups in total. The summed E-state index contributed by atoms with van der Waals surface area (Å²) in [6, 6.07) is 0. The quantitative estimate of drug-likeness (QED) is 0.0606. The molecule has 8 bridgehead atoms. The zero-order chi connectivity index (χ0) is 42.9. The molecule has 0 aromatic carbocycles. The first-order valence-electron chi connectivity index (χ1n) is 23.4. The summed E-state index contributed by atoms with van der Waals surface area (Å²) < 4.78 is 5.79. The van der Waals surface area contributed by atoms with Crippen LogP contribution in [-0.4, -0.2) is 46.0 Å². The highest BCUT2D eigenvalue weighted by molar-refractivity contribution is 6.21. The average molecular weight is 817 g/mol. The standard InChI is InChI=1S/C52H72N4O4/c1-9-11-12-13-14-15-16-17-18-19-20-21-22-23-24-25-28-60-46(59)27-26-39-33(4)49-36(7)50-35(6)47(37(8)57)44(55-50)31-41-32(3)38(10-2)43(53-41)30-42-34(5)48-45(58)29-40(51(39)56-49)52(48)54-42/h17-18,30-31,33,37,39,56-58H,9-16,19-29H2,1-8H3. The molecule has 60 heavy (non-hydrogen) atoms. The van der Waals surface area contributed by atoms with Gasteiger partial charge in [0.1, 0.15) is 5.76 Å². The van der Waals surface area contributed by atoms with Gasteiger partial charge in [0, 0.05) is 52.8 Å². The SMILES string of the molecule is CCCCCCCCC=CCCCCCCCCOC(=O)CCC1C2=C3CC(O)=C4C3=NC(=C4C)C=C3N=C(C=C4N=C(C(C)=C4C(C)O)C(C)=C(N2)C1C)C(C)=C3CC. The van der Waals surface area contributed by atoms with Crippen LogP contribution >= 0.6 is 0 Å². The Balaban J connectivity index is 1.11. The molecule has 5 heterocycles. The first-order valence-corrected chi connectivity index (χ1v) is 23.4. The van der Waals surface area contributed by atoms with Crippen LogP contribution in [0.1, 0.15) is 171 Å². The monoisotopic (exact) mass is 817 g/mol. The molecular formula is C52H72N4O4. The lowest BCUT2D eigenvalue weighted by Gasteiger charge is -2.18. The first-order chi connectivity index (χ1) is 29.0. The molecule has 0 radical (unpaired) electrons. The number of aliphatic hydroxyl groups excluding tert-OH is 2. The van der Waals surface area contributed by atoms with Crippen molar-refractivity contribution in [2.45, 2.75) is 177 Å². The van der Waals surface area contributed by atoms with Crippen molar-refractivity contribution >= 4 is 23.1 Å². The molecule has 1 aliphatic carbocycles. The number of unbranched alkanes of at least 4 members (excludes halogenated alkanes) is 12. The Hall–Kier alpha value is -4.30. The van der Waals surface area contributed by atoms with E-state index in [0.29, 0.717) is 31.6 Å². The molecule has 0 amide bonds. The summed E-state index contributed by atoms with van der Waals surface area (Å²) in [5.41, 5.74) is 14.6. The number of carbonyl (C=O) groups excluding carboxylic acids is 1. The highest BCUT2D eigenvalue weighted by atomic mass is 16.5. The fraction of sp³-hybridized carbons (Fsp3) is 0.577. The molecule has 6 rings (SSSR count). The molecule has 0 aromatic rings. The van der Waals surface area contributed by atoms with Gasteiger partial charge in [-0.05, 0) is 120 Å². The lowest BCUT2D eigenvalue weighted by Crippen LogP contribution is -2.16. The maximum atomic E-state index is 13.2. The normalized spacial score (nSPS) is 21.8. The predicted octanol–water partition coefficient (Wildman–Crippen LogP) is 12.8. The highest BCUT2D eigenvalue weighted by Gasteiger charge is 2.42. The molecule has 3 atom stereocenters. The fourth-order valence-corrected chi connectivity index (χ4v) is 9.96. The van der Waals surface area contributed by atoms with Crippen LogP contribution in [0.15, 0.2) is 118 Å². The molecule has 8 nitrogen and oxygen atoms in total. The zero-order valence-electron chi connectivity index (χ0n) is 38.0. The minimum absolute atomic E-state index is 0.0208. The number of nitrogens with zero attached hydrogens (tertiary/aromatic N) is 3. The number of nitrogens with one attached hydrogen (secondary N) is 1. The van der Waals surface area contributed by atoms with Crippen molar-refractivity contribution in [2.24, 2.45) is 26.8 Å². The van der Waals surface area contributed by atoms with Crippen LogP contribution < -0.4 is 5.32 Å². The van der Waals surface area contributed by atoms with Gasteiger partial charge in [-0.3, -0.25) is 4.79 Å². The van der Waals surface area contributed by atoms with E-state index in [4.69, 9.17) is 19.7 Å². The molecular weight excluding hydrogens is 745 g/mol. The van der Waals surface area contributed by atoms with E-state index in [1.807, 2.05) is 26.0 Å². The second-order valence-corrected chi connectivity index (χ2v) is 17.8. The Morgan fingerprint density at radius 1 is 0.817 bits per heavy atom. The van der Waals surface area contributed by atoms with Crippen molar-refractivity contribution in [3.63, 3.8) is 0 Å². The van der Waals surface area contributed by atoms with Crippen molar-refractivity contribution in [2.75, 3.05) is 6.61 Å². The minimum Gasteiger partial charge on any atom is -0.511 e. The molecule has 324 valence electrons. The number of esters is 1. The highest BCUT2D eigenvalue weighted by Crippen LogP contribution is 2.47. The number of fused-ring (bicyclic) bond motifs is 5. The van der Waals surface area contributed by atoms with Crippen LogP contribution in [0.2, 0.25) is 0 Å². The molecule has 5 aliphatic heterocycles. The molecule has 1 fully saturated rings. The summed E-state index contributed by atoms with van der Waals surface area (Å²) in [7, 11) is 0. The third-order valence-corrected chi connectivity index (χ3v) is 13.5. The summed E-state index contributed by atoms with van der Waals surface area (Å²) >= 11 is 0. The van der Waals surface area contributed by atoms with Gasteiger partial charge in [0.05, 0.1) is 46.9 Å². The van der Waals surface area contributed by atoms with Gasteiger partial charge in [0.15, 0.2) is 0 Å². The lowest BCUT2D eigenvalue weighted by atomic mass is 9.85. The van der Waals surface area contributed by atoms with Gasteiger partial charge < -0.3 is 20.3 Å². The van der Waals surface area contributed by atoms with Crippen molar-refractivity contribution in [1.82, 2.24) is 5.32 Å². The summed E-state index contributed by atoms with van der Waals surface area (Å²) in [6.07, 6.45) is 27.7. The van der Waals surface area contributed by atoms with E-state index < -0.39 is 6.10 Å². The van der Waals surface area contributed by atoms with Crippen LogP contribution in [0.25, 0.3) is 0 Å². The Bertz CT molecular complexity index is 2070. The van der Waals surface area contributed by atoms with Gasteiger partial charge >= 0.3 is 5.97 Å². The molecule has 3 unspecified atom stereocenters. The van der Waals surface area contributed by atoms with Crippen LogP contribution in [0.4, 0.5) is 0 Å². The summed E-state index contributed by atoms with van der Waals surface area (Å²) in [4.78, 5) is 28.7. The molecule has 8 heteroatoms. The maximum Gasteiger partial charge on any atom is 0.305 e. The molecule has 0 aromatic heterocycles. The number of aliphatic hydroxyl groups is 2. The molecule has 6 aliphatic rings. The van der Waals surface area contributed by atoms with Gasteiger partial charge in [0.2, 0.25) is 0 Å². The Labute approximate surface area is 360 Å². The number of allylic oxidation sites excluding steroid dienone is 13. The first kappa shape index (κ1) is 45.2. The maximum absolute atomic E-state index is 13.2. The second-order valence-electron chi connectivity index (χ2n) is 17.8. The number of aliphatic imine (C=N–C) groups is 3. The molecule has 1 saturated heterocycles. The number of ether oxygens (including phenoxy) is 1. The summed E-state index contributed by atoms with van der Waals surface area (Å²) in [6.45, 7) is 17.2. The summed E-state index contributed by atoms with van der Waals surface area (Å²) in [5.74, 6) is 0.178. The van der Waals surface area contributed by atoms with E-state index in [1.165, 1.54) is 77.0 Å². The second kappa shape index (κ2) is 21.0. The van der Waals surface area contributed by atoms with E-state index in [0.717, 1.165) is 109 Å². The number of rotatable bonds is 21. The van der Waals surface area contributed by atoms with Gasteiger partial charge in [-0.25, -0.2) is 15.0 Å². The Morgan fingerprint density at radius 2 is 1.48 bits per heavy atom. The van der Waals surface area contributed by atoms with E-state index >= 15 is 0 Å². The van der Waals surface area contributed by atoms with E-state index in [9.17, 15) is 15.0 Å². The van der Waals surface area contributed by atoms with Crippen molar-refractivity contribution < 1.29 is 19.7 Å². The van der Waals surface area contributed by atoms with Gasteiger partial charge in [0.25, 0.3) is 0 Å². The van der Waals surface area contributed by atoms with Crippen molar-refractivity contribution in [3.8, 4) is 0 Å². The van der Waals surface area contributed by atoms with Crippen LogP contribution in [0.3, 0.4) is 0 Å². The number of hydrogen-bond donors (Lipinski definition) is 3. The predicted molar refractivity (Wildman–Crippen MR) is 248 cm³/mol. The topological polar surface area (TPSA) is 116 Å². The summed E-state index contributed by atoms with van der Waals surface area (Å²) in [5, 5.41) is 26.4. The third kappa shape index (κ3) is 10.1. The Kier molecular flexibility index (Phi) is 15.8. The van der Waals surface area contributed by atoms with E-state index in [2.05, 4.69) is 52.1 Å². The molecule has 0 spiro atoms.